The minimum Gasteiger partial charge on any atom is -0.370 e. The van der Waals surface area contributed by atoms with Gasteiger partial charge in [0.05, 0.1) is 0 Å². The molecule has 196 valence electrons. The molecule has 0 aromatic heterocycles. The Kier molecular flexibility index (Phi) is 19.4. The summed E-state index contributed by atoms with van der Waals surface area (Å²) in [6, 6.07) is 0. The molecule has 1 atom stereocenters. The third-order valence-corrected chi connectivity index (χ3v) is 7.00. The lowest BCUT2D eigenvalue weighted by molar-refractivity contribution is -0.262. The van der Waals surface area contributed by atoms with E-state index >= 15 is 0 Å². The fourth-order valence-electron chi connectivity index (χ4n) is 4.72. The molecule has 0 aliphatic carbocycles. The van der Waals surface area contributed by atoms with Gasteiger partial charge in [-0.15, -0.1) is 0 Å². The minimum atomic E-state index is -0.456. The zero-order chi connectivity index (χ0) is 24.0. The van der Waals surface area contributed by atoms with Crippen molar-refractivity contribution in [3.8, 4) is 0 Å². The predicted octanol–water partition coefficient (Wildman–Crippen LogP) is 8.55. The van der Waals surface area contributed by atoms with Crippen LogP contribution in [-0.2, 0) is 19.0 Å². The molecule has 1 aliphatic heterocycles. The second-order valence-corrected chi connectivity index (χ2v) is 10.4. The zero-order valence-corrected chi connectivity index (χ0v) is 22.5. The highest BCUT2D eigenvalue weighted by Gasteiger charge is 2.39. The summed E-state index contributed by atoms with van der Waals surface area (Å²) in [5.41, 5.74) is -0.456. The van der Waals surface area contributed by atoms with Crippen LogP contribution in [0.15, 0.2) is 0 Å². The summed E-state index contributed by atoms with van der Waals surface area (Å²) in [6.45, 7) is 7.71. The molecular weight excluding hydrogens is 412 g/mol. The highest BCUT2D eigenvalue weighted by molar-refractivity contribution is 5.81. The molecule has 1 fully saturated rings. The molecule has 0 saturated carbocycles. The molecule has 4 nitrogen and oxygen atoms in total. The van der Waals surface area contributed by atoms with Crippen LogP contribution in [0.25, 0.3) is 0 Å². The number of Topliss-reactive ketones (excluding diaryl/α,β-unsaturated/α-hetero) is 1. The molecule has 1 heterocycles. The van der Waals surface area contributed by atoms with Crippen molar-refractivity contribution in [2.24, 2.45) is 0 Å². The van der Waals surface area contributed by atoms with Crippen molar-refractivity contribution >= 4 is 5.78 Å². The van der Waals surface area contributed by atoms with E-state index in [4.69, 9.17) is 14.2 Å². The Morgan fingerprint density at radius 3 is 1.52 bits per heavy atom. The summed E-state index contributed by atoms with van der Waals surface area (Å²) < 4.78 is 17.8. The largest absolute Gasteiger partial charge is 0.370 e. The van der Waals surface area contributed by atoms with Crippen molar-refractivity contribution in [1.82, 2.24) is 0 Å². The van der Waals surface area contributed by atoms with E-state index in [0.717, 1.165) is 25.9 Å². The number of ether oxygens (including phenoxy) is 3. The topological polar surface area (TPSA) is 44.8 Å². The van der Waals surface area contributed by atoms with Gasteiger partial charge < -0.3 is 14.2 Å². The molecule has 0 spiro atoms. The SMILES string of the molecule is CCCCCCCCCCCCCCOC(C)(CCCCCCCCC)C1OCC(=O)CO1. The van der Waals surface area contributed by atoms with Crippen molar-refractivity contribution < 1.29 is 19.0 Å². The standard InChI is InChI=1S/C29H56O4/c1-4-6-8-10-12-13-14-15-16-18-20-22-24-33-29(3,28-31-25-27(30)26-32-28)23-21-19-17-11-9-7-5-2/h28H,4-26H2,1-3H3. The molecule has 1 saturated heterocycles. The van der Waals surface area contributed by atoms with E-state index in [1.165, 1.54) is 109 Å². The third kappa shape index (κ3) is 16.0. The van der Waals surface area contributed by atoms with Crippen molar-refractivity contribution in [3.05, 3.63) is 0 Å². The van der Waals surface area contributed by atoms with Gasteiger partial charge in [-0.05, 0) is 19.8 Å². The van der Waals surface area contributed by atoms with Crippen molar-refractivity contribution in [3.63, 3.8) is 0 Å². The summed E-state index contributed by atoms with van der Waals surface area (Å²) in [4.78, 5) is 11.5. The second-order valence-electron chi connectivity index (χ2n) is 10.4. The van der Waals surface area contributed by atoms with Crippen LogP contribution in [-0.4, -0.2) is 37.5 Å². The number of unbranched alkanes of at least 4 members (excludes halogenated alkanes) is 17. The molecule has 1 rings (SSSR count). The first-order valence-corrected chi connectivity index (χ1v) is 14.5. The van der Waals surface area contributed by atoms with Gasteiger partial charge in [0.2, 0.25) is 0 Å². The Balaban J connectivity index is 2.17. The molecule has 1 aliphatic rings. The van der Waals surface area contributed by atoms with E-state index in [9.17, 15) is 4.79 Å². The van der Waals surface area contributed by atoms with Crippen LogP contribution >= 0.6 is 0 Å². The number of rotatable bonds is 23. The number of ketones is 1. The summed E-state index contributed by atoms with van der Waals surface area (Å²) in [5.74, 6) is 0.0190. The van der Waals surface area contributed by atoms with Gasteiger partial charge in [0, 0.05) is 6.61 Å². The van der Waals surface area contributed by atoms with E-state index < -0.39 is 11.9 Å². The highest BCUT2D eigenvalue weighted by atomic mass is 16.7. The van der Waals surface area contributed by atoms with Crippen LogP contribution in [0.5, 0.6) is 0 Å². The maximum atomic E-state index is 11.5. The van der Waals surface area contributed by atoms with E-state index in [1.807, 2.05) is 0 Å². The van der Waals surface area contributed by atoms with Gasteiger partial charge in [-0.1, -0.05) is 129 Å². The highest BCUT2D eigenvalue weighted by Crippen LogP contribution is 2.29. The summed E-state index contributed by atoms with van der Waals surface area (Å²) in [6.07, 6.45) is 25.6. The fraction of sp³-hybridized carbons (Fsp3) is 0.966. The van der Waals surface area contributed by atoms with E-state index in [0.29, 0.717) is 0 Å². The first kappa shape index (κ1) is 30.6. The van der Waals surface area contributed by atoms with Gasteiger partial charge in [-0.3, -0.25) is 4.79 Å². The van der Waals surface area contributed by atoms with E-state index in [1.54, 1.807) is 0 Å². The van der Waals surface area contributed by atoms with Crippen molar-refractivity contribution in [1.29, 1.82) is 0 Å². The van der Waals surface area contributed by atoms with Crippen molar-refractivity contribution in [2.45, 2.75) is 161 Å². The van der Waals surface area contributed by atoms with E-state index in [-0.39, 0.29) is 19.0 Å². The van der Waals surface area contributed by atoms with Gasteiger partial charge in [-0.2, -0.15) is 0 Å². The molecule has 0 radical (unpaired) electrons. The first-order chi connectivity index (χ1) is 16.1. The lowest BCUT2D eigenvalue weighted by Gasteiger charge is -2.38. The lowest BCUT2D eigenvalue weighted by Crippen LogP contribution is -2.49. The maximum absolute atomic E-state index is 11.5. The molecule has 0 aromatic carbocycles. The molecule has 4 heteroatoms. The maximum Gasteiger partial charge on any atom is 0.187 e. The van der Waals surface area contributed by atoms with Crippen LogP contribution < -0.4 is 0 Å². The Morgan fingerprint density at radius 2 is 1.06 bits per heavy atom. The lowest BCUT2D eigenvalue weighted by atomic mass is 9.95. The van der Waals surface area contributed by atoms with Crippen LogP contribution in [0.3, 0.4) is 0 Å². The Morgan fingerprint density at radius 1 is 0.667 bits per heavy atom. The fourth-order valence-corrected chi connectivity index (χ4v) is 4.72. The minimum absolute atomic E-state index is 0.0190. The number of hydrogen-bond acceptors (Lipinski definition) is 4. The summed E-state index contributed by atoms with van der Waals surface area (Å²) in [5, 5.41) is 0. The van der Waals surface area contributed by atoms with Gasteiger partial charge in [-0.25, -0.2) is 0 Å². The second kappa shape index (κ2) is 20.9. The number of hydrogen-bond donors (Lipinski definition) is 0. The first-order valence-electron chi connectivity index (χ1n) is 14.5. The quantitative estimate of drug-likeness (QED) is 0.141. The van der Waals surface area contributed by atoms with Crippen LogP contribution in [0, 0.1) is 0 Å². The molecule has 0 aromatic rings. The Hall–Kier alpha value is -0.450. The summed E-state index contributed by atoms with van der Waals surface area (Å²) >= 11 is 0. The van der Waals surface area contributed by atoms with Crippen LogP contribution in [0.2, 0.25) is 0 Å². The Bertz CT molecular complexity index is 443. The van der Waals surface area contributed by atoms with Crippen LogP contribution in [0.1, 0.15) is 149 Å². The number of carbonyl (C=O) groups excluding carboxylic acids is 1. The summed E-state index contributed by atoms with van der Waals surface area (Å²) in [7, 11) is 0. The van der Waals surface area contributed by atoms with Crippen LogP contribution in [0.4, 0.5) is 0 Å². The molecule has 0 amide bonds. The smallest absolute Gasteiger partial charge is 0.187 e. The molecule has 0 bridgehead atoms. The molecule has 33 heavy (non-hydrogen) atoms. The van der Waals surface area contributed by atoms with Gasteiger partial charge in [0.25, 0.3) is 0 Å². The molecule has 0 N–H and O–H groups in total. The number of carbonyl (C=O) groups is 1. The van der Waals surface area contributed by atoms with Gasteiger partial charge >= 0.3 is 0 Å². The Labute approximate surface area is 205 Å². The van der Waals surface area contributed by atoms with Gasteiger partial charge in [0.1, 0.15) is 18.8 Å². The zero-order valence-electron chi connectivity index (χ0n) is 22.5. The van der Waals surface area contributed by atoms with Crippen molar-refractivity contribution in [2.75, 3.05) is 19.8 Å². The monoisotopic (exact) mass is 468 g/mol. The average Bonchev–Trinajstić information content (AvgIpc) is 2.82. The molecular formula is C29H56O4. The third-order valence-electron chi connectivity index (χ3n) is 7.00. The van der Waals surface area contributed by atoms with E-state index in [2.05, 4.69) is 20.8 Å². The average molecular weight is 469 g/mol. The van der Waals surface area contributed by atoms with Gasteiger partial charge in [0.15, 0.2) is 12.1 Å². The normalized spacial score (nSPS) is 16.9. The predicted molar refractivity (Wildman–Crippen MR) is 139 cm³/mol. The molecule has 1 unspecified atom stereocenters.